The third kappa shape index (κ3) is 1.09. The maximum Gasteiger partial charge on any atom is 0.236 e. The van der Waals surface area contributed by atoms with Crippen molar-refractivity contribution in [3.63, 3.8) is 0 Å². The minimum absolute atomic E-state index is 0.0642. The summed E-state index contributed by atoms with van der Waals surface area (Å²) in [6.45, 7) is 0.584. The number of allylic oxidation sites excluding steroid dienone is 3. The van der Waals surface area contributed by atoms with E-state index < -0.39 is 5.41 Å². The van der Waals surface area contributed by atoms with Crippen LogP contribution in [-0.4, -0.2) is 18.5 Å². The van der Waals surface area contributed by atoms with E-state index in [1.807, 2.05) is 0 Å². The quantitative estimate of drug-likeness (QED) is 0.621. The number of hydrogen-bond acceptors (Lipinski definition) is 3. The first-order chi connectivity index (χ1) is 7.76. The fraction of sp³-hybridized carbons (Fsp3) is 0.500. The van der Waals surface area contributed by atoms with Crippen molar-refractivity contribution < 1.29 is 4.79 Å². The van der Waals surface area contributed by atoms with Gasteiger partial charge in [0.25, 0.3) is 0 Å². The predicted octanol–water partition coefficient (Wildman–Crippen LogP) is 0.592. The van der Waals surface area contributed by atoms with Gasteiger partial charge in [-0.3, -0.25) is 4.79 Å². The first kappa shape index (κ1) is 9.61. The summed E-state index contributed by atoms with van der Waals surface area (Å²) in [5.41, 5.74) is 1.69. The molecule has 4 heteroatoms. The van der Waals surface area contributed by atoms with Gasteiger partial charge in [-0.1, -0.05) is 12.2 Å². The maximum atomic E-state index is 12.1. The molecule has 0 unspecified atom stereocenters. The van der Waals surface area contributed by atoms with Crippen LogP contribution in [0.1, 0.15) is 19.3 Å². The van der Waals surface area contributed by atoms with Gasteiger partial charge in [-0.25, -0.2) is 0 Å². The third-order valence-electron chi connectivity index (χ3n) is 3.74. The summed E-state index contributed by atoms with van der Waals surface area (Å²) in [6.07, 6.45) is 6.66. The zero-order valence-electron chi connectivity index (χ0n) is 8.92. The van der Waals surface area contributed by atoms with Crippen LogP contribution >= 0.6 is 0 Å². The van der Waals surface area contributed by atoms with Gasteiger partial charge in [-0.2, -0.15) is 5.26 Å². The molecule has 82 valence electrons. The summed E-state index contributed by atoms with van der Waals surface area (Å²) in [5.74, 6) is 0.0642. The van der Waals surface area contributed by atoms with Crippen molar-refractivity contribution in [2.75, 3.05) is 6.54 Å². The normalized spacial score (nSPS) is 36.4. The van der Waals surface area contributed by atoms with Crippen molar-refractivity contribution in [3.8, 4) is 6.07 Å². The topological polar surface area (TPSA) is 64.9 Å². The Morgan fingerprint density at radius 1 is 1.56 bits per heavy atom. The van der Waals surface area contributed by atoms with Gasteiger partial charge in [0.2, 0.25) is 5.91 Å². The minimum atomic E-state index is -0.480. The molecule has 1 aliphatic carbocycles. The Morgan fingerprint density at radius 3 is 3.19 bits per heavy atom. The van der Waals surface area contributed by atoms with Crippen LogP contribution in [0, 0.1) is 16.7 Å². The molecule has 4 nitrogen and oxygen atoms in total. The van der Waals surface area contributed by atoms with E-state index in [2.05, 4.69) is 28.9 Å². The smallest absolute Gasteiger partial charge is 0.236 e. The summed E-state index contributed by atoms with van der Waals surface area (Å²) in [4.78, 5) is 12.1. The SMILES string of the molecule is N#C[C@@H]1C[C@@]2(CN1)C(=O)NC1=C2C=CCC1. The summed E-state index contributed by atoms with van der Waals surface area (Å²) in [6, 6.07) is 1.99. The molecule has 0 saturated carbocycles. The fourth-order valence-electron chi connectivity index (χ4n) is 2.88. The Hall–Kier alpha value is -1.60. The molecule has 2 heterocycles. The zero-order chi connectivity index (χ0) is 11.2. The molecule has 1 saturated heterocycles. The summed E-state index contributed by atoms with van der Waals surface area (Å²) in [5, 5.41) is 15.0. The molecule has 2 aliphatic heterocycles. The van der Waals surface area contributed by atoms with Gasteiger partial charge in [0.05, 0.1) is 17.5 Å². The zero-order valence-corrected chi connectivity index (χ0v) is 8.92. The van der Waals surface area contributed by atoms with Gasteiger partial charge >= 0.3 is 0 Å². The van der Waals surface area contributed by atoms with Gasteiger partial charge in [0, 0.05) is 12.2 Å². The van der Waals surface area contributed by atoms with Gasteiger partial charge < -0.3 is 10.6 Å². The lowest BCUT2D eigenvalue weighted by Gasteiger charge is -2.22. The summed E-state index contributed by atoms with van der Waals surface area (Å²) in [7, 11) is 0. The van der Waals surface area contributed by atoms with Crippen LogP contribution < -0.4 is 10.6 Å². The minimum Gasteiger partial charge on any atom is -0.329 e. The lowest BCUT2D eigenvalue weighted by molar-refractivity contribution is -0.126. The highest BCUT2D eigenvalue weighted by Gasteiger charge is 2.52. The van der Waals surface area contributed by atoms with Crippen LogP contribution in [0.4, 0.5) is 0 Å². The second-order valence-electron chi connectivity index (χ2n) is 4.64. The van der Waals surface area contributed by atoms with E-state index in [0.29, 0.717) is 13.0 Å². The molecule has 1 spiro atoms. The number of carbonyl (C=O) groups excluding carboxylic acids is 1. The maximum absolute atomic E-state index is 12.1. The Morgan fingerprint density at radius 2 is 2.44 bits per heavy atom. The summed E-state index contributed by atoms with van der Waals surface area (Å²) >= 11 is 0. The molecule has 0 aromatic heterocycles. The molecule has 16 heavy (non-hydrogen) atoms. The largest absolute Gasteiger partial charge is 0.329 e. The molecule has 1 fully saturated rings. The number of hydrogen-bond donors (Lipinski definition) is 2. The van der Waals surface area contributed by atoms with Gasteiger partial charge in [0.1, 0.15) is 0 Å². The fourth-order valence-corrected chi connectivity index (χ4v) is 2.88. The van der Waals surface area contributed by atoms with Crippen molar-refractivity contribution in [2.45, 2.75) is 25.3 Å². The van der Waals surface area contributed by atoms with Crippen molar-refractivity contribution >= 4 is 5.91 Å². The molecule has 0 aromatic carbocycles. The van der Waals surface area contributed by atoms with Crippen molar-refractivity contribution in [3.05, 3.63) is 23.4 Å². The monoisotopic (exact) mass is 215 g/mol. The lowest BCUT2D eigenvalue weighted by atomic mass is 9.77. The van der Waals surface area contributed by atoms with Crippen LogP contribution in [0.5, 0.6) is 0 Å². The standard InChI is InChI=1S/C12H13N3O/c13-6-8-5-12(7-14-8)9-3-1-2-4-10(9)15-11(12)16/h1,3,8,14H,2,4-5,7H2,(H,15,16)/t8-,12-/m0/s1. The number of fused-ring (bicyclic) bond motifs is 1. The number of rotatable bonds is 0. The molecule has 0 aromatic rings. The average Bonchev–Trinajstić information content (AvgIpc) is 2.85. The Bertz CT molecular complexity index is 457. The molecule has 3 rings (SSSR count). The van der Waals surface area contributed by atoms with Gasteiger partial charge in [-0.15, -0.1) is 0 Å². The number of amides is 1. The molecule has 3 aliphatic rings. The Balaban J connectivity index is 2.01. The molecule has 2 N–H and O–H groups in total. The van der Waals surface area contributed by atoms with Crippen molar-refractivity contribution in [1.29, 1.82) is 5.26 Å². The number of nitriles is 1. The van der Waals surface area contributed by atoms with Crippen LogP contribution in [0.2, 0.25) is 0 Å². The van der Waals surface area contributed by atoms with Crippen molar-refractivity contribution in [1.82, 2.24) is 10.6 Å². The van der Waals surface area contributed by atoms with E-state index in [9.17, 15) is 4.79 Å². The summed E-state index contributed by atoms with van der Waals surface area (Å²) < 4.78 is 0. The molecular formula is C12H13N3O. The van der Waals surface area contributed by atoms with E-state index in [0.717, 1.165) is 24.1 Å². The van der Waals surface area contributed by atoms with Crippen LogP contribution in [0.3, 0.4) is 0 Å². The molecular weight excluding hydrogens is 202 g/mol. The number of nitrogens with zero attached hydrogens (tertiary/aromatic N) is 1. The first-order valence-electron chi connectivity index (χ1n) is 5.61. The van der Waals surface area contributed by atoms with Gasteiger partial charge in [0.15, 0.2) is 0 Å². The number of nitrogens with one attached hydrogen (secondary N) is 2. The van der Waals surface area contributed by atoms with Crippen LogP contribution in [0.25, 0.3) is 0 Å². The van der Waals surface area contributed by atoms with Crippen LogP contribution in [-0.2, 0) is 4.79 Å². The van der Waals surface area contributed by atoms with E-state index in [1.54, 1.807) is 0 Å². The number of carbonyl (C=O) groups is 1. The Labute approximate surface area is 94.0 Å². The highest BCUT2D eigenvalue weighted by Crippen LogP contribution is 2.44. The second-order valence-corrected chi connectivity index (χ2v) is 4.64. The third-order valence-corrected chi connectivity index (χ3v) is 3.74. The lowest BCUT2D eigenvalue weighted by Crippen LogP contribution is -2.35. The van der Waals surface area contributed by atoms with E-state index in [4.69, 9.17) is 5.26 Å². The molecule has 0 radical (unpaired) electrons. The molecule has 2 atom stereocenters. The van der Waals surface area contributed by atoms with E-state index >= 15 is 0 Å². The Kier molecular flexibility index (Phi) is 1.92. The average molecular weight is 215 g/mol. The second kappa shape index (κ2) is 3.19. The van der Waals surface area contributed by atoms with Crippen molar-refractivity contribution in [2.24, 2.45) is 5.41 Å². The highest BCUT2D eigenvalue weighted by molar-refractivity contribution is 5.93. The predicted molar refractivity (Wildman–Crippen MR) is 58.0 cm³/mol. The highest BCUT2D eigenvalue weighted by atomic mass is 16.2. The van der Waals surface area contributed by atoms with E-state index in [1.165, 1.54) is 0 Å². The molecule has 1 amide bonds. The van der Waals surface area contributed by atoms with E-state index in [-0.39, 0.29) is 11.9 Å². The first-order valence-corrected chi connectivity index (χ1v) is 5.61. The van der Waals surface area contributed by atoms with Crippen LogP contribution in [0.15, 0.2) is 23.4 Å². The van der Waals surface area contributed by atoms with Gasteiger partial charge in [-0.05, 0) is 24.8 Å². The molecule has 0 bridgehead atoms.